The number of H-pyrrole nitrogens is 1. The summed E-state index contributed by atoms with van der Waals surface area (Å²) < 4.78 is 2.18. The molecule has 0 aliphatic rings. The van der Waals surface area contributed by atoms with Gasteiger partial charge in [0.15, 0.2) is 5.82 Å². The highest BCUT2D eigenvalue weighted by atomic mass is 15.2. The lowest BCUT2D eigenvalue weighted by Gasteiger charge is -2.11. The number of hydrogen-bond acceptors (Lipinski definition) is 3. The minimum atomic E-state index is 0.317. The number of nitrogen functional groups attached to an aromatic ring is 1. The van der Waals surface area contributed by atoms with Gasteiger partial charge < -0.3 is 10.3 Å². The maximum absolute atomic E-state index is 5.66. The Bertz CT molecular complexity index is 692. The van der Waals surface area contributed by atoms with Crippen molar-refractivity contribution in [2.24, 2.45) is 0 Å². The molecule has 3 N–H and O–H groups in total. The van der Waals surface area contributed by atoms with Crippen molar-refractivity contribution >= 4 is 16.9 Å². The molecule has 2 aromatic heterocycles. The van der Waals surface area contributed by atoms with Crippen LogP contribution in [0, 0.1) is 0 Å². The van der Waals surface area contributed by atoms with Crippen molar-refractivity contribution in [1.82, 2.24) is 19.7 Å². The van der Waals surface area contributed by atoms with Crippen LogP contribution < -0.4 is 5.73 Å². The normalized spacial score (nSPS) is 11.5. The molecule has 0 spiro atoms. The first-order valence-corrected chi connectivity index (χ1v) is 5.95. The van der Waals surface area contributed by atoms with Crippen LogP contribution in [0.3, 0.4) is 0 Å². The van der Waals surface area contributed by atoms with Crippen molar-refractivity contribution in [3.63, 3.8) is 0 Å². The van der Waals surface area contributed by atoms with Crippen LogP contribution in [0.5, 0.6) is 0 Å². The van der Waals surface area contributed by atoms with Gasteiger partial charge in [-0.05, 0) is 26.0 Å². The number of nitrogens with one attached hydrogen (secondary N) is 1. The fourth-order valence-corrected chi connectivity index (χ4v) is 2.21. The van der Waals surface area contributed by atoms with E-state index in [1.54, 1.807) is 6.07 Å². The number of aromatic amines is 1. The van der Waals surface area contributed by atoms with Crippen LogP contribution in [-0.2, 0) is 0 Å². The summed E-state index contributed by atoms with van der Waals surface area (Å²) >= 11 is 0. The molecule has 3 aromatic rings. The van der Waals surface area contributed by atoms with E-state index in [9.17, 15) is 0 Å². The van der Waals surface area contributed by atoms with E-state index in [4.69, 9.17) is 5.73 Å². The second kappa shape index (κ2) is 3.87. The number of imidazole rings is 1. The highest BCUT2D eigenvalue weighted by Gasteiger charge is 2.15. The maximum atomic E-state index is 5.66. The highest BCUT2D eigenvalue weighted by Crippen LogP contribution is 2.27. The van der Waals surface area contributed by atoms with E-state index in [2.05, 4.69) is 39.7 Å². The van der Waals surface area contributed by atoms with Crippen LogP contribution in [0.4, 0.5) is 5.82 Å². The second-order valence-electron chi connectivity index (χ2n) is 4.59. The minimum absolute atomic E-state index is 0.317. The fraction of sp³-hybridized carbons (Fsp3) is 0.231. The zero-order valence-corrected chi connectivity index (χ0v) is 10.4. The van der Waals surface area contributed by atoms with Gasteiger partial charge in [-0.15, -0.1) is 0 Å². The van der Waals surface area contributed by atoms with Gasteiger partial charge in [0.1, 0.15) is 11.5 Å². The number of para-hydroxylation sites is 2. The lowest BCUT2D eigenvalue weighted by atomic mass is 10.3. The van der Waals surface area contributed by atoms with Crippen molar-refractivity contribution < 1.29 is 0 Å². The van der Waals surface area contributed by atoms with Crippen molar-refractivity contribution in [2.75, 3.05) is 5.73 Å². The Morgan fingerprint density at radius 1 is 1.28 bits per heavy atom. The molecule has 5 nitrogen and oxygen atoms in total. The number of hydrogen-bond donors (Lipinski definition) is 2. The van der Waals surface area contributed by atoms with Gasteiger partial charge in [0, 0.05) is 12.1 Å². The van der Waals surface area contributed by atoms with Crippen LogP contribution in [-0.4, -0.2) is 19.7 Å². The molecular formula is C13H15N5. The summed E-state index contributed by atoms with van der Waals surface area (Å²) in [4.78, 5) is 4.65. The summed E-state index contributed by atoms with van der Waals surface area (Å²) in [6.07, 6.45) is 0. The Hall–Kier alpha value is -2.30. The molecular weight excluding hydrogens is 226 g/mol. The summed E-state index contributed by atoms with van der Waals surface area (Å²) in [6, 6.07) is 10.2. The van der Waals surface area contributed by atoms with Crippen molar-refractivity contribution in [1.29, 1.82) is 0 Å². The average molecular weight is 241 g/mol. The number of nitrogens with two attached hydrogens (primary N) is 1. The van der Waals surface area contributed by atoms with Crippen LogP contribution >= 0.6 is 0 Å². The fourth-order valence-electron chi connectivity index (χ4n) is 2.21. The predicted octanol–water partition coefficient (Wildman–Crippen LogP) is 2.59. The first kappa shape index (κ1) is 10.8. The molecule has 2 heterocycles. The number of fused-ring (bicyclic) bond motifs is 1. The molecule has 18 heavy (non-hydrogen) atoms. The zero-order valence-electron chi connectivity index (χ0n) is 10.4. The van der Waals surface area contributed by atoms with E-state index in [1.807, 2.05) is 18.2 Å². The monoisotopic (exact) mass is 241 g/mol. The van der Waals surface area contributed by atoms with Crippen molar-refractivity contribution in [3.05, 3.63) is 30.3 Å². The standard InChI is InChI=1S/C13H15N5/c1-8(2)18-11-6-4-3-5-9(11)15-13(18)10-7-12(14)17-16-10/h3-8H,1-2H3,(H3,14,16,17). The molecule has 1 aromatic carbocycles. The average Bonchev–Trinajstić information content (AvgIpc) is 2.91. The first-order valence-electron chi connectivity index (χ1n) is 5.95. The van der Waals surface area contributed by atoms with Gasteiger partial charge in [-0.2, -0.15) is 5.10 Å². The van der Waals surface area contributed by atoms with E-state index in [0.29, 0.717) is 11.9 Å². The van der Waals surface area contributed by atoms with Crippen molar-refractivity contribution in [2.45, 2.75) is 19.9 Å². The highest BCUT2D eigenvalue weighted by molar-refractivity contribution is 5.80. The smallest absolute Gasteiger partial charge is 0.159 e. The van der Waals surface area contributed by atoms with Gasteiger partial charge in [-0.25, -0.2) is 4.98 Å². The molecule has 0 aliphatic heterocycles. The van der Waals surface area contributed by atoms with Crippen LogP contribution in [0.25, 0.3) is 22.6 Å². The number of anilines is 1. The van der Waals surface area contributed by atoms with Gasteiger partial charge in [-0.1, -0.05) is 12.1 Å². The number of rotatable bonds is 2. The molecule has 0 unspecified atom stereocenters. The first-order chi connectivity index (χ1) is 8.66. The Morgan fingerprint density at radius 2 is 2.06 bits per heavy atom. The summed E-state index contributed by atoms with van der Waals surface area (Å²) in [5.41, 5.74) is 8.60. The molecule has 0 bridgehead atoms. The molecule has 0 saturated carbocycles. The van der Waals surface area contributed by atoms with E-state index in [0.717, 1.165) is 22.6 Å². The Labute approximate surface area is 105 Å². The van der Waals surface area contributed by atoms with Gasteiger partial charge in [0.05, 0.1) is 11.0 Å². The largest absolute Gasteiger partial charge is 0.382 e. The maximum Gasteiger partial charge on any atom is 0.159 e. The van der Waals surface area contributed by atoms with Gasteiger partial charge >= 0.3 is 0 Å². The topological polar surface area (TPSA) is 72.5 Å². The van der Waals surface area contributed by atoms with Gasteiger partial charge in [0.2, 0.25) is 0 Å². The third-order valence-electron chi connectivity index (χ3n) is 2.95. The Kier molecular flexibility index (Phi) is 2.33. The SMILES string of the molecule is CC(C)n1c(-c2cc(N)n[nH]2)nc2ccccc21. The van der Waals surface area contributed by atoms with Crippen molar-refractivity contribution in [3.8, 4) is 11.5 Å². The molecule has 0 aliphatic carbocycles. The molecule has 0 atom stereocenters. The van der Waals surface area contributed by atoms with E-state index >= 15 is 0 Å². The predicted molar refractivity (Wildman–Crippen MR) is 72.1 cm³/mol. The van der Waals surface area contributed by atoms with Gasteiger partial charge in [0.25, 0.3) is 0 Å². The van der Waals surface area contributed by atoms with E-state index in [-0.39, 0.29) is 0 Å². The quantitative estimate of drug-likeness (QED) is 0.724. The molecule has 92 valence electrons. The number of benzene rings is 1. The summed E-state index contributed by atoms with van der Waals surface area (Å²) in [5.74, 6) is 1.35. The molecule has 0 fully saturated rings. The van der Waals surface area contributed by atoms with E-state index in [1.165, 1.54) is 0 Å². The third kappa shape index (κ3) is 1.55. The summed E-state index contributed by atoms with van der Waals surface area (Å²) in [6.45, 7) is 4.27. The molecule has 5 heteroatoms. The van der Waals surface area contributed by atoms with Crippen LogP contribution in [0.2, 0.25) is 0 Å². The molecule has 0 amide bonds. The van der Waals surface area contributed by atoms with E-state index < -0.39 is 0 Å². The number of aromatic nitrogens is 4. The Balaban J connectivity index is 2.31. The summed E-state index contributed by atoms with van der Waals surface area (Å²) in [5, 5.41) is 6.88. The zero-order chi connectivity index (χ0) is 12.7. The summed E-state index contributed by atoms with van der Waals surface area (Å²) in [7, 11) is 0. The molecule has 0 saturated heterocycles. The van der Waals surface area contributed by atoms with Crippen LogP contribution in [0.15, 0.2) is 30.3 Å². The number of nitrogens with zero attached hydrogens (tertiary/aromatic N) is 3. The molecule has 3 rings (SSSR count). The minimum Gasteiger partial charge on any atom is -0.382 e. The third-order valence-corrected chi connectivity index (χ3v) is 2.95. The van der Waals surface area contributed by atoms with Gasteiger partial charge in [-0.3, -0.25) is 5.10 Å². The second-order valence-corrected chi connectivity index (χ2v) is 4.59. The molecule has 0 radical (unpaired) electrons. The lowest BCUT2D eigenvalue weighted by Crippen LogP contribution is -2.03. The van der Waals surface area contributed by atoms with Crippen LogP contribution in [0.1, 0.15) is 19.9 Å². The lowest BCUT2D eigenvalue weighted by molar-refractivity contribution is 0.623. The Morgan fingerprint density at radius 3 is 2.72 bits per heavy atom.